The minimum absolute atomic E-state index is 0.415. The van der Waals surface area contributed by atoms with Crippen LogP contribution in [0.4, 0.5) is 5.69 Å². The summed E-state index contributed by atoms with van der Waals surface area (Å²) in [4.78, 5) is 29.6. The lowest BCUT2D eigenvalue weighted by molar-refractivity contribution is -0.126. The minimum atomic E-state index is -0.435. The number of ketones is 1. The molecule has 0 spiro atoms. The highest BCUT2D eigenvalue weighted by Gasteiger charge is 2.28. The number of Topliss-reactive ketones (excluding diaryl/α,β-unsaturated/α-hetero) is 1. The van der Waals surface area contributed by atoms with Gasteiger partial charge < -0.3 is 14.4 Å². The van der Waals surface area contributed by atoms with Crippen LogP contribution in [0.2, 0.25) is 0 Å². The number of aryl methyl sites for hydroxylation is 1. The average molecular weight is 387 g/mol. The van der Waals surface area contributed by atoms with Crippen molar-refractivity contribution in [1.29, 1.82) is 0 Å². The SMILES string of the molecule is Cc1ccc(Cn2cccc2C(=O)C(=O)N2CCN(c3ccccc3)CC2)cc1. The number of rotatable bonds is 5. The van der Waals surface area contributed by atoms with Crippen molar-refractivity contribution in [2.75, 3.05) is 31.1 Å². The van der Waals surface area contributed by atoms with Gasteiger partial charge >= 0.3 is 0 Å². The van der Waals surface area contributed by atoms with E-state index in [9.17, 15) is 9.59 Å². The van der Waals surface area contributed by atoms with Crippen LogP contribution < -0.4 is 4.90 Å². The molecular weight excluding hydrogens is 362 g/mol. The maximum atomic E-state index is 12.9. The van der Waals surface area contributed by atoms with E-state index in [0.717, 1.165) is 24.3 Å². The third kappa shape index (κ3) is 4.24. The number of amides is 1. The van der Waals surface area contributed by atoms with Gasteiger partial charge in [-0.05, 0) is 36.8 Å². The summed E-state index contributed by atoms with van der Waals surface area (Å²) >= 11 is 0. The molecule has 4 rings (SSSR count). The molecule has 1 amide bonds. The summed E-state index contributed by atoms with van der Waals surface area (Å²) in [7, 11) is 0. The molecule has 0 unspecified atom stereocenters. The Kier molecular flexibility index (Phi) is 5.47. The maximum Gasteiger partial charge on any atom is 0.296 e. The average Bonchev–Trinajstić information content (AvgIpc) is 3.23. The van der Waals surface area contributed by atoms with E-state index in [2.05, 4.69) is 29.2 Å². The van der Waals surface area contributed by atoms with Crippen molar-refractivity contribution in [3.05, 3.63) is 89.7 Å². The number of carbonyl (C=O) groups is 2. The van der Waals surface area contributed by atoms with Crippen molar-refractivity contribution in [2.24, 2.45) is 0 Å². The van der Waals surface area contributed by atoms with Crippen LogP contribution >= 0.6 is 0 Å². The smallest absolute Gasteiger partial charge is 0.296 e. The number of para-hydroxylation sites is 1. The number of anilines is 1. The van der Waals surface area contributed by atoms with Gasteiger partial charge in [0, 0.05) is 44.6 Å². The van der Waals surface area contributed by atoms with Crippen LogP contribution in [0, 0.1) is 6.92 Å². The Morgan fingerprint density at radius 1 is 0.828 bits per heavy atom. The fourth-order valence-electron chi connectivity index (χ4n) is 3.71. The van der Waals surface area contributed by atoms with Gasteiger partial charge in [-0.15, -0.1) is 0 Å². The molecule has 3 aromatic rings. The summed E-state index contributed by atoms with van der Waals surface area (Å²) in [6, 6.07) is 21.9. The Balaban J connectivity index is 1.41. The molecule has 0 saturated carbocycles. The van der Waals surface area contributed by atoms with Gasteiger partial charge in [0.15, 0.2) is 0 Å². The third-order valence-electron chi connectivity index (χ3n) is 5.42. The van der Waals surface area contributed by atoms with Crippen LogP contribution in [0.25, 0.3) is 0 Å². The van der Waals surface area contributed by atoms with E-state index in [1.807, 2.05) is 54.1 Å². The number of piperazine rings is 1. The standard InChI is InChI=1S/C24H25N3O2/c1-19-9-11-20(12-10-19)18-27-13-5-8-22(27)23(28)24(29)26-16-14-25(15-17-26)21-6-3-2-4-7-21/h2-13H,14-18H2,1H3. The third-order valence-corrected chi connectivity index (χ3v) is 5.42. The topological polar surface area (TPSA) is 45.6 Å². The van der Waals surface area contributed by atoms with Gasteiger partial charge in [0.25, 0.3) is 11.7 Å². The predicted octanol–water partition coefficient (Wildman–Crippen LogP) is 3.38. The minimum Gasteiger partial charge on any atom is -0.368 e. The van der Waals surface area contributed by atoms with Crippen LogP contribution in [-0.2, 0) is 11.3 Å². The lowest BCUT2D eigenvalue weighted by Crippen LogP contribution is -2.50. The molecule has 5 heteroatoms. The monoisotopic (exact) mass is 387 g/mol. The Morgan fingerprint density at radius 3 is 2.21 bits per heavy atom. The van der Waals surface area contributed by atoms with Gasteiger partial charge in [0.05, 0.1) is 5.69 Å². The first kappa shape index (κ1) is 19.0. The molecule has 29 heavy (non-hydrogen) atoms. The number of hydrogen-bond donors (Lipinski definition) is 0. The van der Waals surface area contributed by atoms with Gasteiger partial charge in [-0.25, -0.2) is 0 Å². The number of carbonyl (C=O) groups excluding carboxylic acids is 2. The van der Waals surface area contributed by atoms with E-state index in [0.29, 0.717) is 25.3 Å². The Labute approximate surface area is 171 Å². The van der Waals surface area contributed by atoms with Crippen LogP contribution in [0.5, 0.6) is 0 Å². The fraction of sp³-hybridized carbons (Fsp3) is 0.250. The second-order valence-electron chi connectivity index (χ2n) is 7.45. The van der Waals surface area contributed by atoms with Gasteiger partial charge in [-0.3, -0.25) is 9.59 Å². The molecule has 1 aromatic heterocycles. The number of hydrogen-bond acceptors (Lipinski definition) is 3. The second-order valence-corrected chi connectivity index (χ2v) is 7.45. The summed E-state index contributed by atoms with van der Waals surface area (Å²) in [6.07, 6.45) is 1.85. The molecule has 2 heterocycles. The van der Waals surface area contributed by atoms with Crippen LogP contribution in [0.3, 0.4) is 0 Å². The van der Waals surface area contributed by atoms with E-state index >= 15 is 0 Å². The highest BCUT2D eigenvalue weighted by Crippen LogP contribution is 2.17. The van der Waals surface area contributed by atoms with Gasteiger partial charge in [0.2, 0.25) is 0 Å². The molecule has 1 fully saturated rings. The van der Waals surface area contributed by atoms with E-state index in [1.165, 1.54) is 5.56 Å². The molecular formula is C24H25N3O2. The maximum absolute atomic E-state index is 12.9. The second kappa shape index (κ2) is 8.35. The molecule has 2 aromatic carbocycles. The normalized spacial score (nSPS) is 14.1. The summed E-state index contributed by atoms with van der Waals surface area (Å²) < 4.78 is 1.85. The Bertz CT molecular complexity index is 984. The highest BCUT2D eigenvalue weighted by atomic mass is 16.2. The van der Waals surface area contributed by atoms with E-state index in [-0.39, 0.29) is 0 Å². The van der Waals surface area contributed by atoms with Crippen molar-refractivity contribution in [3.63, 3.8) is 0 Å². The zero-order valence-corrected chi connectivity index (χ0v) is 16.6. The van der Waals surface area contributed by atoms with Crippen molar-refractivity contribution in [3.8, 4) is 0 Å². The van der Waals surface area contributed by atoms with Crippen molar-refractivity contribution < 1.29 is 9.59 Å². The summed E-state index contributed by atoms with van der Waals surface area (Å²) in [6.45, 7) is 5.19. The molecule has 5 nitrogen and oxygen atoms in total. The molecule has 148 valence electrons. The first-order valence-electron chi connectivity index (χ1n) is 9.96. The quantitative estimate of drug-likeness (QED) is 0.498. The Hall–Kier alpha value is -3.34. The van der Waals surface area contributed by atoms with E-state index in [1.54, 1.807) is 11.0 Å². The first-order valence-corrected chi connectivity index (χ1v) is 9.96. The van der Waals surface area contributed by atoms with Gasteiger partial charge in [0.1, 0.15) is 0 Å². The molecule has 0 radical (unpaired) electrons. The molecule has 1 aliphatic rings. The molecule has 0 atom stereocenters. The number of nitrogens with zero attached hydrogens (tertiary/aromatic N) is 3. The van der Waals surface area contributed by atoms with E-state index in [4.69, 9.17) is 0 Å². The fourth-order valence-corrected chi connectivity index (χ4v) is 3.71. The zero-order valence-electron chi connectivity index (χ0n) is 16.6. The molecule has 0 N–H and O–H groups in total. The predicted molar refractivity (Wildman–Crippen MR) is 114 cm³/mol. The van der Waals surface area contributed by atoms with Crippen LogP contribution in [0.15, 0.2) is 72.9 Å². The molecule has 0 aliphatic carbocycles. The number of aromatic nitrogens is 1. The van der Waals surface area contributed by atoms with Crippen LogP contribution in [-0.4, -0.2) is 47.3 Å². The van der Waals surface area contributed by atoms with Crippen molar-refractivity contribution in [1.82, 2.24) is 9.47 Å². The van der Waals surface area contributed by atoms with Crippen LogP contribution in [0.1, 0.15) is 21.6 Å². The van der Waals surface area contributed by atoms with E-state index < -0.39 is 11.7 Å². The highest BCUT2D eigenvalue weighted by molar-refractivity contribution is 6.42. The molecule has 1 aliphatic heterocycles. The lowest BCUT2D eigenvalue weighted by atomic mass is 10.1. The zero-order chi connectivity index (χ0) is 20.2. The molecule has 0 bridgehead atoms. The van der Waals surface area contributed by atoms with Crippen molar-refractivity contribution >= 4 is 17.4 Å². The van der Waals surface area contributed by atoms with Gasteiger partial charge in [-0.1, -0.05) is 48.0 Å². The summed E-state index contributed by atoms with van der Waals surface area (Å²) in [5.41, 5.74) is 3.89. The van der Waals surface area contributed by atoms with Gasteiger partial charge in [-0.2, -0.15) is 0 Å². The largest absolute Gasteiger partial charge is 0.368 e. The summed E-state index contributed by atoms with van der Waals surface area (Å²) in [5.74, 6) is -0.850. The first-order chi connectivity index (χ1) is 14.1. The molecule has 1 saturated heterocycles. The lowest BCUT2D eigenvalue weighted by Gasteiger charge is -2.35. The summed E-state index contributed by atoms with van der Waals surface area (Å²) in [5, 5.41) is 0. The Morgan fingerprint density at radius 2 is 1.52 bits per heavy atom. The number of benzene rings is 2. The van der Waals surface area contributed by atoms with Crippen molar-refractivity contribution in [2.45, 2.75) is 13.5 Å².